The van der Waals surface area contributed by atoms with E-state index in [4.69, 9.17) is 4.74 Å². The average Bonchev–Trinajstić information content (AvgIpc) is 3.29. The maximum Gasteiger partial charge on any atom is 0.306 e. The van der Waals surface area contributed by atoms with E-state index in [2.05, 4.69) is 135 Å². The van der Waals surface area contributed by atoms with Crippen molar-refractivity contribution in [1.82, 2.24) is 5.32 Å². The van der Waals surface area contributed by atoms with Crippen molar-refractivity contribution in [2.45, 2.75) is 238 Å². The molecule has 0 spiro atoms. The standard InChI is InChI=1S/C58H97NO5/c1-4-7-10-13-16-19-22-25-27-29-30-32-34-37-40-43-46-49-54(64-58(63)51-48-45-42-39-36-33-31-28-26-23-20-17-14-11-8-5-2)52-57(62)59-55(53-60)56(61)50-47-44-41-38-35-24-21-18-15-12-9-6-3/h7-8,10-11,16-17,19-20,25-28,30,32-33,36-37,40,54-56,60-61H,4-6,9,12-15,18,21-24,29,31,34-35,38-39,41-53H2,1-3H3,(H,59,62)/b10-7-,11-8+,19-16-,20-17+,27-25-,28-26+,32-30-,36-33+,40-37-. The van der Waals surface area contributed by atoms with Gasteiger partial charge in [0.05, 0.1) is 25.2 Å². The molecule has 3 N–H and O–H groups in total. The van der Waals surface area contributed by atoms with E-state index in [0.29, 0.717) is 19.3 Å². The van der Waals surface area contributed by atoms with Crippen LogP contribution in [0.15, 0.2) is 109 Å². The van der Waals surface area contributed by atoms with Gasteiger partial charge in [0.2, 0.25) is 5.91 Å². The summed E-state index contributed by atoms with van der Waals surface area (Å²) in [5.74, 6) is -0.576. The molecule has 0 fully saturated rings. The number of aliphatic hydroxyl groups is 2. The molecule has 6 heteroatoms. The van der Waals surface area contributed by atoms with Crippen LogP contribution in [0.2, 0.25) is 0 Å². The summed E-state index contributed by atoms with van der Waals surface area (Å²) in [7, 11) is 0. The van der Waals surface area contributed by atoms with Gasteiger partial charge in [0.1, 0.15) is 6.10 Å². The molecular weight excluding hydrogens is 791 g/mol. The predicted molar refractivity (Wildman–Crippen MR) is 277 cm³/mol. The van der Waals surface area contributed by atoms with Crippen molar-refractivity contribution in [3.63, 3.8) is 0 Å². The monoisotopic (exact) mass is 888 g/mol. The van der Waals surface area contributed by atoms with Crippen LogP contribution in [0.4, 0.5) is 0 Å². The maximum atomic E-state index is 13.2. The van der Waals surface area contributed by atoms with Crippen LogP contribution >= 0.6 is 0 Å². The fourth-order valence-electron chi connectivity index (χ4n) is 7.22. The van der Waals surface area contributed by atoms with E-state index >= 15 is 0 Å². The van der Waals surface area contributed by atoms with Gasteiger partial charge in [-0.15, -0.1) is 0 Å². The minimum Gasteiger partial charge on any atom is -0.462 e. The Balaban J connectivity index is 4.78. The summed E-state index contributed by atoms with van der Waals surface area (Å²) < 4.78 is 5.90. The largest absolute Gasteiger partial charge is 0.462 e. The number of amides is 1. The quantitative estimate of drug-likeness (QED) is 0.0322. The van der Waals surface area contributed by atoms with Gasteiger partial charge in [-0.05, 0) is 103 Å². The van der Waals surface area contributed by atoms with Crippen molar-refractivity contribution in [2.24, 2.45) is 0 Å². The Kier molecular flexibility index (Phi) is 47.8. The van der Waals surface area contributed by atoms with Crippen molar-refractivity contribution < 1.29 is 24.5 Å². The zero-order valence-corrected chi connectivity index (χ0v) is 41.4. The van der Waals surface area contributed by atoms with Crippen LogP contribution in [-0.2, 0) is 14.3 Å². The second-order valence-corrected chi connectivity index (χ2v) is 17.2. The highest BCUT2D eigenvalue weighted by Gasteiger charge is 2.24. The topological polar surface area (TPSA) is 95.9 Å². The van der Waals surface area contributed by atoms with Gasteiger partial charge >= 0.3 is 5.97 Å². The molecule has 0 heterocycles. The van der Waals surface area contributed by atoms with Gasteiger partial charge in [-0.1, -0.05) is 214 Å². The number of hydrogen-bond donors (Lipinski definition) is 3. The molecule has 0 saturated heterocycles. The van der Waals surface area contributed by atoms with Crippen LogP contribution in [0.3, 0.4) is 0 Å². The first kappa shape index (κ1) is 60.5. The van der Waals surface area contributed by atoms with Gasteiger partial charge in [0, 0.05) is 6.42 Å². The van der Waals surface area contributed by atoms with E-state index in [1.54, 1.807) is 0 Å². The fourth-order valence-corrected chi connectivity index (χ4v) is 7.22. The van der Waals surface area contributed by atoms with Crippen LogP contribution < -0.4 is 5.32 Å². The summed E-state index contributed by atoms with van der Waals surface area (Å²) in [6.45, 7) is 6.22. The van der Waals surface area contributed by atoms with Crippen LogP contribution in [0.1, 0.15) is 220 Å². The summed E-state index contributed by atoms with van der Waals surface area (Å²) in [6.07, 6.45) is 68.6. The minimum atomic E-state index is -0.815. The van der Waals surface area contributed by atoms with Gasteiger partial charge in [-0.25, -0.2) is 0 Å². The Morgan fingerprint density at radius 1 is 0.469 bits per heavy atom. The second kappa shape index (κ2) is 50.5. The maximum absolute atomic E-state index is 13.2. The molecule has 3 unspecified atom stereocenters. The Morgan fingerprint density at radius 2 is 0.859 bits per heavy atom. The van der Waals surface area contributed by atoms with Crippen molar-refractivity contribution in [2.75, 3.05) is 6.61 Å². The summed E-state index contributed by atoms with van der Waals surface area (Å²) in [5, 5.41) is 23.7. The molecule has 0 rings (SSSR count). The zero-order chi connectivity index (χ0) is 46.7. The fraction of sp³-hybridized carbons (Fsp3) is 0.655. The van der Waals surface area contributed by atoms with Crippen molar-refractivity contribution in [1.29, 1.82) is 0 Å². The summed E-state index contributed by atoms with van der Waals surface area (Å²) in [6, 6.07) is -0.733. The number of ether oxygens (including phenoxy) is 1. The first-order chi connectivity index (χ1) is 31.5. The minimum absolute atomic E-state index is 0.0189. The van der Waals surface area contributed by atoms with E-state index in [-0.39, 0.29) is 24.9 Å². The lowest BCUT2D eigenvalue weighted by molar-refractivity contribution is -0.151. The number of carbonyl (C=O) groups is 2. The first-order valence-corrected chi connectivity index (χ1v) is 26.1. The molecule has 64 heavy (non-hydrogen) atoms. The second-order valence-electron chi connectivity index (χ2n) is 17.2. The molecule has 0 aromatic rings. The van der Waals surface area contributed by atoms with E-state index < -0.39 is 18.2 Å². The molecule has 0 radical (unpaired) electrons. The lowest BCUT2D eigenvalue weighted by Gasteiger charge is -2.24. The lowest BCUT2D eigenvalue weighted by atomic mass is 10.0. The van der Waals surface area contributed by atoms with Crippen molar-refractivity contribution in [3.8, 4) is 0 Å². The van der Waals surface area contributed by atoms with E-state index in [0.717, 1.165) is 116 Å². The highest BCUT2D eigenvalue weighted by atomic mass is 16.5. The van der Waals surface area contributed by atoms with Gasteiger partial charge in [0.15, 0.2) is 0 Å². The van der Waals surface area contributed by atoms with Gasteiger partial charge < -0.3 is 20.3 Å². The number of rotatable bonds is 45. The van der Waals surface area contributed by atoms with E-state index in [9.17, 15) is 19.8 Å². The van der Waals surface area contributed by atoms with E-state index in [1.165, 1.54) is 57.8 Å². The molecule has 3 atom stereocenters. The Labute approximate surface area is 394 Å². The SMILES string of the molecule is CC/C=C\C/C=C\C/C=C\C/C=C\C/C=C\CCCC(CC(=O)NC(CO)C(O)CCCCCCCCCCCCCC)OC(=O)CCCCC/C=C/C/C=C/C/C=C/C/C=C/CC. The third kappa shape index (κ3) is 45.1. The van der Waals surface area contributed by atoms with Crippen LogP contribution in [0.25, 0.3) is 0 Å². The normalized spacial score (nSPS) is 14.1. The lowest BCUT2D eigenvalue weighted by Crippen LogP contribution is -2.46. The molecule has 0 bridgehead atoms. The van der Waals surface area contributed by atoms with Gasteiger partial charge in [-0.2, -0.15) is 0 Å². The number of unbranched alkanes of at least 4 members (excludes halogenated alkanes) is 15. The molecular formula is C58H97NO5. The molecule has 0 aromatic heterocycles. The summed E-state index contributed by atoms with van der Waals surface area (Å²) in [4.78, 5) is 26.2. The van der Waals surface area contributed by atoms with Crippen LogP contribution in [0.5, 0.6) is 0 Å². The number of aliphatic hydroxyl groups excluding tert-OH is 2. The van der Waals surface area contributed by atoms with Crippen molar-refractivity contribution >= 4 is 11.9 Å². The highest BCUT2D eigenvalue weighted by molar-refractivity contribution is 5.77. The summed E-state index contributed by atoms with van der Waals surface area (Å²) in [5.41, 5.74) is 0. The Bertz CT molecular complexity index is 1320. The predicted octanol–water partition coefficient (Wildman–Crippen LogP) is 15.9. The van der Waals surface area contributed by atoms with E-state index in [1.807, 2.05) is 0 Å². The molecule has 1 amide bonds. The Hall–Kier alpha value is -3.48. The first-order valence-electron chi connectivity index (χ1n) is 26.1. The van der Waals surface area contributed by atoms with Gasteiger partial charge in [0.25, 0.3) is 0 Å². The smallest absolute Gasteiger partial charge is 0.306 e. The number of esters is 1. The molecule has 0 aliphatic carbocycles. The third-order valence-corrected chi connectivity index (χ3v) is 11.1. The molecule has 0 saturated carbocycles. The molecule has 6 nitrogen and oxygen atoms in total. The van der Waals surface area contributed by atoms with Crippen LogP contribution in [-0.4, -0.2) is 46.9 Å². The average molecular weight is 888 g/mol. The number of nitrogens with one attached hydrogen (secondary N) is 1. The number of carbonyl (C=O) groups excluding carboxylic acids is 2. The molecule has 0 aliphatic rings. The highest BCUT2D eigenvalue weighted by Crippen LogP contribution is 2.16. The summed E-state index contributed by atoms with van der Waals surface area (Å²) >= 11 is 0. The number of allylic oxidation sites excluding steroid dienone is 18. The zero-order valence-electron chi connectivity index (χ0n) is 41.4. The Morgan fingerprint density at radius 3 is 1.30 bits per heavy atom. The number of hydrogen-bond acceptors (Lipinski definition) is 5. The molecule has 0 aromatic carbocycles. The van der Waals surface area contributed by atoms with Gasteiger partial charge in [-0.3, -0.25) is 9.59 Å². The van der Waals surface area contributed by atoms with Crippen molar-refractivity contribution in [3.05, 3.63) is 109 Å². The third-order valence-electron chi connectivity index (χ3n) is 11.1. The van der Waals surface area contributed by atoms with Crippen LogP contribution in [0, 0.1) is 0 Å². The molecule has 0 aliphatic heterocycles. The molecule has 364 valence electrons.